The van der Waals surface area contributed by atoms with Crippen LogP contribution in [0.4, 0.5) is 0 Å². The van der Waals surface area contributed by atoms with Crippen LogP contribution < -0.4 is 0 Å². The molecule has 2 rings (SSSR count). The van der Waals surface area contributed by atoms with Gasteiger partial charge in [-0.25, -0.2) is 4.79 Å². The SMILES string of the molecule is C=C(C(=O)OC)C1CC2C(C)=CCC(O)C2(C)CC1OC(C)=O. The molecular weight excluding hydrogens is 296 g/mol. The van der Waals surface area contributed by atoms with Gasteiger partial charge in [0.15, 0.2) is 0 Å². The number of hydrogen-bond acceptors (Lipinski definition) is 5. The van der Waals surface area contributed by atoms with E-state index in [-0.39, 0.29) is 17.3 Å². The van der Waals surface area contributed by atoms with Crippen molar-refractivity contribution in [3.8, 4) is 0 Å². The minimum atomic E-state index is -0.485. The minimum Gasteiger partial charge on any atom is -0.466 e. The van der Waals surface area contributed by atoms with E-state index in [0.29, 0.717) is 24.8 Å². The normalized spacial score (nSPS) is 36.5. The van der Waals surface area contributed by atoms with E-state index in [1.807, 2.05) is 6.92 Å². The molecule has 0 aromatic carbocycles. The van der Waals surface area contributed by atoms with Crippen molar-refractivity contribution in [3.05, 3.63) is 23.8 Å². The fourth-order valence-electron chi connectivity index (χ4n) is 4.16. The quantitative estimate of drug-likeness (QED) is 0.491. The maximum Gasteiger partial charge on any atom is 0.333 e. The number of esters is 2. The first-order valence-electron chi connectivity index (χ1n) is 7.99. The zero-order valence-electron chi connectivity index (χ0n) is 14.3. The van der Waals surface area contributed by atoms with Crippen LogP contribution in [0.25, 0.3) is 0 Å². The molecule has 0 heterocycles. The summed E-state index contributed by atoms with van der Waals surface area (Å²) in [6.07, 6.45) is 2.82. The van der Waals surface area contributed by atoms with Gasteiger partial charge in [0.1, 0.15) is 6.10 Å². The van der Waals surface area contributed by atoms with Gasteiger partial charge in [-0.15, -0.1) is 0 Å². The number of ether oxygens (including phenoxy) is 2. The van der Waals surface area contributed by atoms with Crippen molar-refractivity contribution in [2.75, 3.05) is 7.11 Å². The second-order valence-electron chi connectivity index (χ2n) is 6.97. The fourth-order valence-corrected chi connectivity index (χ4v) is 4.16. The van der Waals surface area contributed by atoms with E-state index < -0.39 is 24.1 Å². The maximum absolute atomic E-state index is 11.9. The highest BCUT2D eigenvalue weighted by Gasteiger charge is 2.52. The average Bonchev–Trinajstić information content (AvgIpc) is 2.49. The second kappa shape index (κ2) is 6.48. The van der Waals surface area contributed by atoms with Crippen LogP contribution in [0.3, 0.4) is 0 Å². The van der Waals surface area contributed by atoms with Crippen molar-refractivity contribution in [2.24, 2.45) is 17.3 Å². The van der Waals surface area contributed by atoms with Crippen molar-refractivity contribution in [1.29, 1.82) is 0 Å². The van der Waals surface area contributed by atoms with Gasteiger partial charge in [0, 0.05) is 23.8 Å². The summed E-state index contributed by atoms with van der Waals surface area (Å²) in [7, 11) is 1.32. The third kappa shape index (κ3) is 3.20. The van der Waals surface area contributed by atoms with E-state index in [1.165, 1.54) is 19.6 Å². The van der Waals surface area contributed by atoms with E-state index >= 15 is 0 Å². The molecule has 1 fully saturated rings. The van der Waals surface area contributed by atoms with Gasteiger partial charge in [-0.1, -0.05) is 25.2 Å². The lowest BCUT2D eigenvalue weighted by Gasteiger charge is -2.52. The molecule has 0 saturated heterocycles. The molecule has 1 N–H and O–H groups in total. The van der Waals surface area contributed by atoms with Gasteiger partial charge in [0.25, 0.3) is 0 Å². The van der Waals surface area contributed by atoms with E-state index in [4.69, 9.17) is 9.47 Å². The van der Waals surface area contributed by atoms with Crippen LogP contribution in [-0.4, -0.2) is 36.4 Å². The van der Waals surface area contributed by atoms with Crippen molar-refractivity contribution < 1.29 is 24.2 Å². The van der Waals surface area contributed by atoms with Crippen molar-refractivity contribution >= 4 is 11.9 Å². The molecule has 128 valence electrons. The van der Waals surface area contributed by atoms with Crippen LogP contribution in [0.15, 0.2) is 23.8 Å². The highest BCUT2D eigenvalue weighted by Crippen LogP contribution is 2.53. The van der Waals surface area contributed by atoms with Gasteiger partial charge in [0.2, 0.25) is 0 Å². The summed E-state index contributed by atoms with van der Waals surface area (Å²) in [6, 6.07) is 0. The lowest BCUT2D eigenvalue weighted by molar-refractivity contribution is -0.161. The summed E-state index contributed by atoms with van der Waals surface area (Å²) in [5.41, 5.74) is 1.17. The maximum atomic E-state index is 11.9. The molecule has 5 atom stereocenters. The van der Waals surface area contributed by atoms with Crippen LogP contribution >= 0.6 is 0 Å². The van der Waals surface area contributed by atoms with Gasteiger partial charge in [-0.05, 0) is 32.1 Å². The number of aliphatic hydroxyl groups is 1. The van der Waals surface area contributed by atoms with Crippen LogP contribution in [0, 0.1) is 17.3 Å². The minimum absolute atomic E-state index is 0.129. The van der Waals surface area contributed by atoms with E-state index in [9.17, 15) is 14.7 Å². The Hall–Kier alpha value is -1.62. The van der Waals surface area contributed by atoms with E-state index in [0.717, 1.165) is 0 Å². The van der Waals surface area contributed by atoms with E-state index in [2.05, 4.69) is 19.6 Å². The first-order chi connectivity index (χ1) is 10.7. The Morgan fingerprint density at radius 3 is 2.65 bits per heavy atom. The third-order valence-electron chi connectivity index (χ3n) is 5.56. The molecule has 0 bridgehead atoms. The summed E-state index contributed by atoms with van der Waals surface area (Å²) in [4.78, 5) is 23.4. The molecule has 23 heavy (non-hydrogen) atoms. The summed E-state index contributed by atoms with van der Waals surface area (Å²) >= 11 is 0. The molecule has 0 spiro atoms. The third-order valence-corrected chi connectivity index (χ3v) is 5.56. The molecule has 5 nitrogen and oxygen atoms in total. The van der Waals surface area contributed by atoms with Crippen LogP contribution in [0.5, 0.6) is 0 Å². The Balaban J connectivity index is 2.36. The molecule has 0 aliphatic heterocycles. The monoisotopic (exact) mass is 322 g/mol. The Kier molecular flexibility index (Phi) is 4.99. The molecule has 1 saturated carbocycles. The molecule has 5 heteroatoms. The number of aliphatic hydroxyl groups excluding tert-OH is 1. The number of hydrogen-bond donors (Lipinski definition) is 1. The predicted molar refractivity (Wildman–Crippen MR) is 85.4 cm³/mol. The van der Waals surface area contributed by atoms with Gasteiger partial charge >= 0.3 is 11.9 Å². The van der Waals surface area contributed by atoms with Crippen molar-refractivity contribution in [2.45, 2.75) is 52.2 Å². The summed E-state index contributed by atoms with van der Waals surface area (Å²) in [5.74, 6) is -1.03. The number of allylic oxidation sites excluding steroid dienone is 1. The average molecular weight is 322 g/mol. The molecule has 0 aromatic rings. The molecule has 0 aromatic heterocycles. The lowest BCUT2D eigenvalue weighted by atomic mass is 9.55. The topological polar surface area (TPSA) is 72.8 Å². The van der Waals surface area contributed by atoms with Crippen molar-refractivity contribution in [3.63, 3.8) is 0 Å². The molecule has 2 aliphatic carbocycles. The van der Waals surface area contributed by atoms with Gasteiger partial charge < -0.3 is 14.6 Å². The molecular formula is C18H26O5. The van der Waals surface area contributed by atoms with Gasteiger partial charge in [-0.2, -0.15) is 0 Å². The zero-order valence-corrected chi connectivity index (χ0v) is 14.3. The molecule has 2 aliphatic rings. The second-order valence-corrected chi connectivity index (χ2v) is 6.97. The standard InChI is InChI=1S/C18H26O5/c1-10-6-7-16(20)18(4)9-15(23-12(3)19)13(8-14(10)18)11(2)17(21)22-5/h6,13-16,20H,2,7-9H2,1,3-5H3. The first-order valence-corrected chi connectivity index (χ1v) is 7.99. The summed E-state index contributed by atoms with van der Waals surface area (Å²) in [5, 5.41) is 10.5. The van der Waals surface area contributed by atoms with Crippen LogP contribution in [-0.2, 0) is 19.1 Å². The predicted octanol–water partition coefficient (Wildman–Crippen LogP) is 2.39. The van der Waals surface area contributed by atoms with Crippen LogP contribution in [0.2, 0.25) is 0 Å². The Morgan fingerprint density at radius 2 is 2.09 bits per heavy atom. The number of fused-ring (bicyclic) bond motifs is 1. The lowest BCUT2D eigenvalue weighted by Crippen LogP contribution is -2.52. The molecule has 0 radical (unpaired) electrons. The summed E-state index contributed by atoms with van der Waals surface area (Å²) in [6.45, 7) is 9.31. The number of carbonyl (C=O) groups is 2. The Labute approximate surface area is 137 Å². The van der Waals surface area contributed by atoms with Gasteiger partial charge in [-0.3, -0.25) is 4.79 Å². The number of carbonyl (C=O) groups excluding carboxylic acids is 2. The highest BCUT2D eigenvalue weighted by atomic mass is 16.5. The number of rotatable bonds is 3. The molecule has 0 amide bonds. The Bertz CT molecular complexity index is 550. The largest absolute Gasteiger partial charge is 0.466 e. The first kappa shape index (κ1) is 17.7. The highest BCUT2D eigenvalue weighted by molar-refractivity contribution is 5.88. The Morgan fingerprint density at radius 1 is 1.43 bits per heavy atom. The number of methoxy groups -OCH3 is 1. The smallest absolute Gasteiger partial charge is 0.333 e. The van der Waals surface area contributed by atoms with Gasteiger partial charge in [0.05, 0.1) is 13.2 Å². The zero-order chi connectivity index (χ0) is 17.4. The summed E-state index contributed by atoms with van der Waals surface area (Å²) < 4.78 is 10.3. The van der Waals surface area contributed by atoms with Crippen LogP contribution in [0.1, 0.15) is 40.0 Å². The molecule has 5 unspecified atom stereocenters. The van der Waals surface area contributed by atoms with E-state index in [1.54, 1.807) is 0 Å². The fraction of sp³-hybridized carbons (Fsp3) is 0.667. The van der Waals surface area contributed by atoms with Crippen molar-refractivity contribution in [1.82, 2.24) is 0 Å².